The molecule has 2 aliphatic rings. The quantitative estimate of drug-likeness (QED) is 0.513. The average molecular weight is 452 g/mol. The van der Waals surface area contributed by atoms with E-state index < -0.39 is 0 Å². The molecule has 0 unspecified atom stereocenters. The van der Waals surface area contributed by atoms with Crippen LogP contribution in [-0.2, 0) is 0 Å². The molecule has 0 atom stereocenters. The normalized spacial score (nSPS) is 13.4. The van der Waals surface area contributed by atoms with Crippen molar-refractivity contribution in [2.45, 2.75) is 0 Å². The van der Waals surface area contributed by atoms with E-state index in [2.05, 4.69) is 39.9 Å². The minimum absolute atomic E-state index is 0.256. The third-order valence-electron chi connectivity index (χ3n) is 3.76. The van der Waals surface area contributed by atoms with Gasteiger partial charge in [0.05, 0.1) is 20.1 Å². The zero-order valence-electron chi connectivity index (χ0n) is 13.5. The molecule has 8 bridgehead atoms. The van der Waals surface area contributed by atoms with E-state index in [1.165, 1.54) is 0 Å². The molecule has 12 heteroatoms. The van der Waals surface area contributed by atoms with E-state index in [4.69, 9.17) is 46.4 Å². The maximum Gasteiger partial charge on any atom is 0.175 e. The number of nitrogens with zero attached hydrogens (tertiary/aromatic N) is 6. The van der Waals surface area contributed by atoms with Crippen molar-refractivity contribution in [1.29, 1.82) is 0 Å². The molecule has 5 heterocycles. The molecule has 0 spiro atoms. The molecule has 138 valence electrons. The van der Waals surface area contributed by atoms with Crippen molar-refractivity contribution in [2.24, 2.45) is 0 Å². The van der Waals surface area contributed by atoms with Gasteiger partial charge in [0.15, 0.2) is 34.6 Å². The van der Waals surface area contributed by atoms with Crippen molar-refractivity contribution >= 4 is 91.2 Å². The van der Waals surface area contributed by atoms with Crippen LogP contribution in [0.25, 0.3) is 44.8 Å². The monoisotopic (exact) mass is 450 g/mol. The van der Waals surface area contributed by atoms with Crippen LogP contribution in [0.15, 0.2) is 12.1 Å². The van der Waals surface area contributed by atoms with Gasteiger partial charge in [0, 0.05) is 24.3 Å². The summed E-state index contributed by atoms with van der Waals surface area (Å²) in [6.45, 7) is 0. The van der Waals surface area contributed by atoms with Gasteiger partial charge >= 0.3 is 0 Å². The molecule has 0 radical (unpaired) electrons. The van der Waals surface area contributed by atoms with E-state index in [-0.39, 0.29) is 11.6 Å². The van der Waals surface area contributed by atoms with Gasteiger partial charge in [-0.2, -0.15) is 0 Å². The fourth-order valence-electron chi connectivity index (χ4n) is 2.57. The number of halogens is 4. The fraction of sp³-hybridized carbons (Fsp3) is 0. The Morgan fingerprint density at radius 3 is 1.64 bits per heavy atom. The third kappa shape index (κ3) is 3.14. The predicted molar refractivity (Wildman–Crippen MR) is 110 cm³/mol. The molecular weight excluding hydrogens is 446 g/mol. The highest BCUT2D eigenvalue weighted by atomic mass is 35.5. The average Bonchev–Trinajstić information content (AvgIpc) is 3.33. The number of aromatic amines is 2. The molecule has 0 saturated carbocycles. The zero-order chi connectivity index (χ0) is 19.4. The molecular formula is C16H6Cl4N8. The molecule has 2 N–H and O–H groups in total. The Hall–Kier alpha value is -2.52. The summed E-state index contributed by atoms with van der Waals surface area (Å²) in [6, 6.07) is 3.22. The summed E-state index contributed by atoms with van der Waals surface area (Å²) in [5.41, 5.74) is 1.64. The fourth-order valence-corrected chi connectivity index (χ4v) is 3.32. The first-order valence-electron chi connectivity index (χ1n) is 7.75. The Balaban J connectivity index is 1.91. The molecule has 0 aromatic carbocycles. The van der Waals surface area contributed by atoms with Crippen LogP contribution in [0.2, 0.25) is 10.0 Å². The molecule has 0 fully saturated rings. The summed E-state index contributed by atoms with van der Waals surface area (Å²) in [6.07, 6.45) is 3.12. The Labute approximate surface area is 176 Å². The minimum atomic E-state index is 0.256. The Morgan fingerprint density at radius 2 is 1.04 bits per heavy atom. The Morgan fingerprint density at radius 1 is 0.571 bits per heavy atom. The van der Waals surface area contributed by atoms with Crippen molar-refractivity contribution in [3.05, 3.63) is 45.5 Å². The highest BCUT2D eigenvalue weighted by Crippen LogP contribution is 2.26. The van der Waals surface area contributed by atoms with Gasteiger partial charge in [-0.05, 0) is 0 Å². The van der Waals surface area contributed by atoms with E-state index >= 15 is 0 Å². The summed E-state index contributed by atoms with van der Waals surface area (Å²) in [5, 5.41) is 1.37. The number of rotatable bonds is 0. The number of H-pyrrole nitrogens is 2. The number of aromatic nitrogens is 8. The van der Waals surface area contributed by atoms with Gasteiger partial charge in [0.1, 0.15) is 11.3 Å². The smallest absolute Gasteiger partial charge is 0.175 e. The summed E-state index contributed by atoms with van der Waals surface area (Å²) in [5.74, 6) is 1.17. The number of fused-ring (bicyclic) bond motifs is 8. The standard InChI is InChI=1S/C16H6Cl4N8/c17-5-1-9-21-13(5)26-10-3-7(19)15(23-10)28-12-4-8(20)16(24-12)27-11-2-6(18)14(22-11)25-9/h1-4H,(H2,21,22,23,24,25,26,27,28). The van der Waals surface area contributed by atoms with Crippen molar-refractivity contribution in [3.8, 4) is 0 Å². The second kappa shape index (κ2) is 6.52. The molecule has 2 aliphatic heterocycles. The first-order valence-corrected chi connectivity index (χ1v) is 9.26. The lowest BCUT2D eigenvalue weighted by molar-refractivity contribution is 1.06. The minimum Gasteiger partial charge on any atom is -0.324 e. The molecule has 8 nitrogen and oxygen atoms in total. The van der Waals surface area contributed by atoms with Gasteiger partial charge in [0.2, 0.25) is 0 Å². The van der Waals surface area contributed by atoms with Gasteiger partial charge < -0.3 is 9.97 Å². The van der Waals surface area contributed by atoms with E-state index in [9.17, 15) is 0 Å². The SMILES string of the molecule is ClC1=Cc2nc1nc1nc(nc3cc(Cl)c(nc4cc(Cl)c(n2)[nH]4)[nH]3)C(Cl)=C1. The second-order valence-electron chi connectivity index (χ2n) is 5.72. The van der Waals surface area contributed by atoms with E-state index in [1.54, 1.807) is 24.3 Å². The van der Waals surface area contributed by atoms with Crippen LogP contribution in [0.5, 0.6) is 0 Å². The highest BCUT2D eigenvalue weighted by molar-refractivity contribution is 6.51. The Bertz CT molecular complexity index is 1370. The number of nitrogens with one attached hydrogen (secondary N) is 2. The topological polar surface area (TPSA) is 109 Å². The van der Waals surface area contributed by atoms with Crippen LogP contribution in [0.3, 0.4) is 0 Å². The molecule has 0 aliphatic carbocycles. The highest BCUT2D eigenvalue weighted by Gasteiger charge is 2.15. The number of hydrogen-bond acceptors (Lipinski definition) is 6. The van der Waals surface area contributed by atoms with Crippen LogP contribution >= 0.6 is 46.4 Å². The van der Waals surface area contributed by atoms with Crippen LogP contribution < -0.4 is 0 Å². The molecule has 0 saturated heterocycles. The molecule has 3 aromatic rings. The summed E-state index contributed by atoms with van der Waals surface area (Å²) >= 11 is 24.9. The zero-order valence-corrected chi connectivity index (χ0v) is 16.5. The molecule has 3 aromatic heterocycles. The second-order valence-corrected chi connectivity index (χ2v) is 7.35. The van der Waals surface area contributed by atoms with Gasteiger partial charge in [0.25, 0.3) is 0 Å². The van der Waals surface area contributed by atoms with Crippen LogP contribution in [0.1, 0.15) is 23.3 Å². The van der Waals surface area contributed by atoms with Crippen molar-refractivity contribution < 1.29 is 0 Å². The van der Waals surface area contributed by atoms with Gasteiger partial charge in [-0.3, -0.25) is 0 Å². The largest absolute Gasteiger partial charge is 0.324 e. The lowest BCUT2D eigenvalue weighted by Gasteiger charge is -1.86. The number of hydrogen-bond donors (Lipinski definition) is 2. The van der Waals surface area contributed by atoms with Crippen molar-refractivity contribution in [3.63, 3.8) is 0 Å². The Kier molecular flexibility index (Phi) is 4.09. The first-order chi connectivity index (χ1) is 13.4. The van der Waals surface area contributed by atoms with Crippen LogP contribution in [-0.4, -0.2) is 39.9 Å². The van der Waals surface area contributed by atoms with Gasteiger partial charge in [-0.25, -0.2) is 29.9 Å². The lowest BCUT2D eigenvalue weighted by atomic mass is 10.5. The predicted octanol–water partition coefficient (Wildman–Crippen LogP) is 4.68. The van der Waals surface area contributed by atoms with E-state index in [1.807, 2.05) is 0 Å². The van der Waals surface area contributed by atoms with Crippen molar-refractivity contribution in [1.82, 2.24) is 39.9 Å². The summed E-state index contributed by atoms with van der Waals surface area (Å²) in [7, 11) is 0. The maximum absolute atomic E-state index is 6.25. The summed E-state index contributed by atoms with van der Waals surface area (Å²) in [4.78, 5) is 32.0. The van der Waals surface area contributed by atoms with Gasteiger partial charge in [-0.15, -0.1) is 0 Å². The third-order valence-corrected chi connectivity index (χ3v) is 4.89. The van der Waals surface area contributed by atoms with Gasteiger partial charge in [-0.1, -0.05) is 46.4 Å². The van der Waals surface area contributed by atoms with Crippen LogP contribution in [0.4, 0.5) is 0 Å². The molecule has 0 amide bonds. The lowest BCUT2D eigenvalue weighted by Crippen LogP contribution is -1.88. The summed E-state index contributed by atoms with van der Waals surface area (Å²) < 4.78 is 0. The van der Waals surface area contributed by atoms with Crippen LogP contribution in [0, 0.1) is 0 Å². The first kappa shape index (κ1) is 17.6. The molecule has 28 heavy (non-hydrogen) atoms. The molecule has 5 rings (SSSR count). The maximum atomic E-state index is 6.25. The van der Waals surface area contributed by atoms with E-state index in [0.717, 1.165) is 0 Å². The van der Waals surface area contributed by atoms with E-state index in [0.29, 0.717) is 54.3 Å². The van der Waals surface area contributed by atoms with Crippen molar-refractivity contribution in [2.75, 3.05) is 0 Å².